The van der Waals surface area contributed by atoms with Crippen LogP contribution in [0.3, 0.4) is 0 Å². The molecular formula is C23H36N2O6. The Kier molecular flexibility index (Phi) is 7.75. The van der Waals surface area contributed by atoms with E-state index in [1.54, 1.807) is 15.9 Å². The van der Waals surface area contributed by atoms with E-state index in [2.05, 4.69) is 13.5 Å². The van der Waals surface area contributed by atoms with E-state index >= 15 is 0 Å². The third-order valence-corrected chi connectivity index (χ3v) is 7.07. The Bertz CT molecular complexity index is 698. The standard InChI is InChI=1S/C23H36N2O6/c1-3-5-13-24(12-4-2)21(28)19-23-11-10-16(31-23)17(22(29)30)18(23)20(27)25(19)14-8-6-7-9-15-26/h4,16-19,26H,2-3,5-15H2,1H3,(H,29,30)/t16-,17+,18+,19-,23+/m1/s1. The van der Waals surface area contributed by atoms with E-state index in [1.165, 1.54) is 0 Å². The van der Waals surface area contributed by atoms with Crippen LogP contribution in [-0.2, 0) is 19.1 Å². The first kappa shape index (κ1) is 23.7. The summed E-state index contributed by atoms with van der Waals surface area (Å²) in [4.78, 5) is 42.5. The van der Waals surface area contributed by atoms with Gasteiger partial charge in [-0.15, -0.1) is 6.58 Å². The van der Waals surface area contributed by atoms with E-state index in [1.807, 2.05) is 0 Å². The van der Waals surface area contributed by atoms with E-state index in [9.17, 15) is 19.5 Å². The van der Waals surface area contributed by atoms with Crippen LogP contribution in [0.4, 0.5) is 0 Å². The molecule has 0 unspecified atom stereocenters. The smallest absolute Gasteiger partial charge is 0.310 e. The SMILES string of the molecule is C=CCN(CCCC)C(=O)[C@H]1N(CCCCCCO)C(=O)[C@@H]2[C@@H](C(=O)O)[C@H]3CC[C@]21O3. The van der Waals surface area contributed by atoms with Crippen molar-refractivity contribution in [1.82, 2.24) is 9.80 Å². The number of carboxylic acids is 1. The van der Waals surface area contributed by atoms with Crippen molar-refractivity contribution in [3.63, 3.8) is 0 Å². The zero-order valence-corrected chi connectivity index (χ0v) is 18.5. The van der Waals surface area contributed by atoms with Crippen molar-refractivity contribution in [3.05, 3.63) is 12.7 Å². The molecule has 2 N–H and O–H groups in total. The number of rotatable bonds is 13. The molecule has 3 fully saturated rings. The Hall–Kier alpha value is -1.93. The lowest BCUT2D eigenvalue weighted by molar-refractivity contribution is -0.151. The minimum absolute atomic E-state index is 0.137. The van der Waals surface area contributed by atoms with Gasteiger partial charge in [0.25, 0.3) is 0 Å². The maximum absolute atomic E-state index is 13.8. The Balaban J connectivity index is 1.89. The molecule has 5 atom stereocenters. The lowest BCUT2D eigenvalue weighted by atomic mass is 9.70. The molecule has 1 spiro atoms. The van der Waals surface area contributed by atoms with Crippen LogP contribution in [0, 0.1) is 11.8 Å². The van der Waals surface area contributed by atoms with Crippen molar-refractivity contribution in [3.8, 4) is 0 Å². The molecule has 8 heteroatoms. The van der Waals surface area contributed by atoms with Gasteiger partial charge in [-0.3, -0.25) is 14.4 Å². The maximum atomic E-state index is 13.8. The Morgan fingerprint density at radius 1 is 1.29 bits per heavy atom. The van der Waals surface area contributed by atoms with Crippen LogP contribution in [0.5, 0.6) is 0 Å². The molecule has 3 rings (SSSR count). The summed E-state index contributed by atoms with van der Waals surface area (Å²) in [5.74, 6) is -3.13. The Morgan fingerprint density at radius 3 is 2.68 bits per heavy atom. The molecule has 8 nitrogen and oxygen atoms in total. The molecule has 0 aromatic heterocycles. The summed E-state index contributed by atoms with van der Waals surface area (Å²) in [6.07, 6.45) is 7.15. The summed E-state index contributed by atoms with van der Waals surface area (Å²) in [6, 6.07) is -0.783. The zero-order chi connectivity index (χ0) is 22.6. The number of hydrogen-bond donors (Lipinski definition) is 2. The van der Waals surface area contributed by atoms with Crippen LogP contribution in [0.25, 0.3) is 0 Å². The van der Waals surface area contributed by atoms with Gasteiger partial charge in [0.05, 0.1) is 17.9 Å². The number of aliphatic hydroxyl groups is 1. The van der Waals surface area contributed by atoms with E-state index < -0.39 is 35.6 Å². The number of fused-ring (bicyclic) bond motifs is 1. The molecule has 3 heterocycles. The minimum atomic E-state index is -1.04. The summed E-state index contributed by atoms with van der Waals surface area (Å²) in [5, 5.41) is 18.8. The molecule has 0 aromatic carbocycles. The third kappa shape index (κ3) is 4.24. The topological polar surface area (TPSA) is 107 Å². The highest BCUT2D eigenvalue weighted by Gasteiger charge is 2.74. The van der Waals surface area contributed by atoms with Crippen molar-refractivity contribution in [1.29, 1.82) is 0 Å². The largest absolute Gasteiger partial charge is 0.481 e. The summed E-state index contributed by atoms with van der Waals surface area (Å²) >= 11 is 0. The number of amides is 2. The molecule has 3 aliphatic rings. The fourth-order valence-corrected chi connectivity index (χ4v) is 5.67. The zero-order valence-electron chi connectivity index (χ0n) is 18.5. The summed E-state index contributed by atoms with van der Waals surface area (Å²) in [6.45, 7) is 7.33. The van der Waals surface area contributed by atoms with Gasteiger partial charge < -0.3 is 24.7 Å². The highest BCUT2D eigenvalue weighted by atomic mass is 16.5. The molecule has 2 bridgehead atoms. The molecule has 0 aliphatic carbocycles. The highest BCUT2D eigenvalue weighted by Crippen LogP contribution is 2.58. The van der Waals surface area contributed by atoms with Gasteiger partial charge in [-0.25, -0.2) is 0 Å². The molecule has 2 amide bonds. The number of carboxylic acid groups (broad SMARTS) is 1. The van der Waals surface area contributed by atoms with Crippen molar-refractivity contribution in [2.24, 2.45) is 11.8 Å². The number of nitrogens with zero attached hydrogens (tertiary/aromatic N) is 2. The minimum Gasteiger partial charge on any atom is -0.481 e. The molecule has 3 aliphatic heterocycles. The average molecular weight is 437 g/mol. The van der Waals surface area contributed by atoms with Gasteiger partial charge >= 0.3 is 5.97 Å². The number of carbonyl (C=O) groups is 3. The molecule has 0 saturated carbocycles. The van der Waals surface area contributed by atoms with Gasteiger partial charge in [0.2, 0.25) is 11.8 Å². The number of aliphatic hydroxyl groups excluding tert-OH is 1. The van der Waals surface area contributed by atoms with Crippen LogP contribution in [0.1, 0.15) is 58.3 Å². The van der Waals surface area contributed by atoms with E-state index in [0.717, 1.165) is 25.7 Å². The number of hydrogen-bond acceptors (Lipinski definition) is 5. The molecule has 0 aromatic rings. The predicted octanol–water partition coefficient (Wildman–Crippen LogP) is 1.81. The third-order valence-electron chi connectivity index (χ3n) is 7.07. The van der Waals surface area contributed by atoms with E-state index in [4.69, 9.17) is 9.84 Å². The number of unbranched alkanes of at least 4 members (excludes halogenated alkanes) is 4. The fourth-order valence-electron chi connectivity index (χ4n) is 5.67. The van der Waals surface area contributed by atoms with E-state index in [-0.39, 0.29) is 18.4 Å². The van der Waals surface area contributed by atoms with Gasteiger partial charge in [0.1, 0.15) is 11.6 Å². The van der Waals surface area contributed by atoms with Crippen molar-refractivity contribution < 1.29 is 29.3 Å². The molecule has 174 valence electrons. The number of carbonyl (C=O) groups excluding carboxylic acids is 2. The number of likely N-dealkylation sites (tertiary alicyclic amines) is 1. The van der Waals surface area contributed by atoms with Gasteiger partial charge in [-0.1, -0.05) is 32.3 Å². The Morgan fingerprint density at radius 2 is 2.03 bits per heavy atom. The van der Waals surface area contributed by atoms with Crippen LogP contribution >= 0.6 is 0 Å². The Labute approximate surface area is 184 Å². The van der Waals surface area contributed by atoms with E-state index in [0.29, 0.717) is 45.3 Å². The van der Waals surface area contributed by atoms with Crippen LogP contribution in [0.15, 0.2) is 12.7 Å². The molecule has 3 saturated heterocycles. The first-order valence-corrected chi connectivity index (χ1v) is 11.6. The fraction of sp³-hybridized carbons (Fsp3) is 0.783. The van der Waals surface area contributed by atoms with Gasteiger partial charge in [0, 0.05) is 26.2 Å². The quantitative estimate of drug-likeness (QED) is 0.337. The summed E-state index contributed by atoms with van der Waals surface area (Å²) in [5.41, 5.74) is -1.04. The first-order valence-electron chi connectivity index (χ1n) is 11.6. The maximum Gasteiger partial charge on any atom is 0.310 e. The van der Waals surface area contributed by atoms with Crippen LogP contribution in [0.2, 0.25) is 0 Å². The number of ether oxygens (including phenoxy) is 1. The first-order chi connectivity index (χ1) is 14.9. The summed E-state index contributed by atoms with van der Waals surface area (Å²) in [7, 11) is 0. The molecule has 0 radical (unpaired) electrons. The predicted molar refractivity (Wildman–Crippen MR) is 114 cm³/mol. The van der Waals surface area contributed by atoms with Crippen molar-refractivity contribution in [2.75, 3.05) is 26.2 Å². The van der Waals surface area contributed by atoms with Gasteiger partial charge in [-0.2, -0.15) is 0 Å². The molecular weight excluding hydrogens is 400 g/mol. The lowest BCUT2D eigenvalue weighted by Gasteiger charge is -2.36. The summed E-state index contributed by atoms with van der Waals surface area (Å²) < 4.78 is 6.22. The number of aliphatic carboxylic acids is 1. The van der Waals surface area contributed by atoms with Crippen LogP contribution < -0.4 is 0 Å². The van der Waals surface area contributed by atoms with Crippen molar-refractivity contribution in [2.45, 2.75) is 76.0 Å². The van der Waals surface area contributed by atoms with Gasteiger partial charge in [-0.05, 0) is 32.1 Å². The second-order valence-corrected chi connectivity index (χ2v) is 8.99. The normalized spacial score (nSPS) is 31.2. The second kappa shape index (κ2) is 10.1. The highest BCUT2D eigenvalue weighted by molar-refractivity contribution is 5.98. The van der Waals surface area contributed by atoms with Crippen molar-refractivity contribution >= 4 is 17.8 Å². The van der Waals surface area contributed by atoms with Crippen LogP contribution in [-0.4, -0.2) is 81.8 Å². The average Bonchev–Trinajstić information content (AvgIpc) is 3.38. The monoisotopic (exact) mass is 436 g/mol. The van der Waals surface area contributed by atoms with Gasteiger partial charge in [0.15, 0.2) is 0 Å². The second-order valence-electron chi connectivity index (χ2n) is 8.99. The molecule has 31 heavy (non-hydrogen) atoms. The lowest BCUT2D eigenvalue weighted by Crippen LogP contribution is -2.56.